The Balaban J connectivity index is 1.64. The van der Waals surface area contributed by atoms with Gasteiger partial charge in [-0.2, -0.15) is 0 Å². The number of hydrogen-bond acceptors (Lipinski definition) is 6. The van der Waals surface area contributed by atoms with Gasteiger partial charge in [-0.3, -0.25) is 4.79 Å². The zero-order valence-electron chi connectivity index (χ0n) is 15.2. The van der Waals surface area contributed by atoms with Gasteiger partial charge in [-0.25, -0.2) is 4.99 Å². The second-order valence-corrected chi connectivity index (χ2v) is 7.25. The summed E-state index contributed by atoms with van der Waals surface area (Å²) in [7, 11) is 1.58. The van der Waals surface area contributed by atoms with Gasteiger partial charge in [-0.15, -0.1) is 0 Å². The van der Waals surface area contributed by atoms with Gasteiger partial charge in [0.2, 0.25) is 6.79 Å². The van der Waals surface area contributed by atoms with Gasteiger partial charge in [0.1, 0.15) is 5.75 Å². The van der Waals surface area contributed by atoms with Crippen LogP contribution in [-0.2, 0) is 4.79 Å². The minimum Gasteiger partial charge on any atom is -0.496 e. The summed E-state index contributed by atoms with van der Waals surface area (Å²) in [6, 6.07) is 9.59. The fraction of sp³-hybridized carbons (Fsp3) is 0.200. The lowest BCUT2D eigenvalue weighted by Gasteiger charge is -2.06. The highest BCUT2D eigenvalue weighted by atomic mass is 32.2. The molecule has 2 aromatic carbocycles. The first-order chi connectivity index (χ1) is 13.0. The van der Waals surface area contributed by atoms with Crippen molar-refractivity contribution >= 4 is 34.6 Å². The van der Waals surface area contributed by atoms with Gasteiger partial charge in [0.25, 0.3) is 5.91 Å². The summed E-state index contributed by atoms with van der Waals surface area (Å²) in [5.41, 5.74) is 3.82. The molecule has 1 N–H and O–H groups in total. The highest BCUT2D eigenvalue weighted by molar-refractivity contribution is 8.18. The molecule has 2 aliphatic rings. The maximum atomic E-state index is 12.4. The predicted molar refractivity (Wildman–Crippen MR) is 106 cm³/mol. The SMILES string of the molecule is COc1cc2c(cc1/C=C1\SC(=Nc3ccc(C)cc3C)NC1=O)OCO2. The second-order valence-electron chi connectivity index (χ2n) is 6.22. The number of aliphatic imine (C=N–C) groups is 1. The molecule has 0 spiro atoms. The molecule has 27 heavy (non-hydrogen) atoms. The number of fused-ring (bicyclic) bond motifs is 1. The van der Waals surface area contributed by atoms with E-state index in [1.165, 1.54) is 17.3 Å². The molecule has 0 radical (unpaired) electrons. The van der Waals surface area contributed by atoms with Crippen molar-refractivity contribution in [3.05, 3.63) is 51.9 Å². The third kappa shape index (κ3) is 3.50. The zero-order chi connectivity index (χ0) is 19.0. The lowest BCUT2D eigenvalue weighted by Crippen LogP contribution is -2.19. The van der Waals surface area contributed by atoms with Crippen LogP contribution in [0.25, 0.3) is 6.08 Å². The summed E-state index contributed by atoms with van der Waals surface area (Å²) in [4.78, 5) is 17.5. The van der Waals surface area contributed by atoms with Crippen LogP contribution in [0.5, 0.6) is 17.2 Å². The summed E-state index contributed by atoms with van der Waals surface area (Å²) in [6.45, 7) is 4.22. The molecular formula is C20H18N2O4S. The number of amides is 1. The van der Waals surface area contributed by atoms with E-state index in [4.69, 9.17) is 14.2 Å². The summed E-state index contributed by atoms with van der Waals surface area (Å²) in [5.74, 6) is 1.69. The number of nitrogens with one attached hydrogen (secondary N) is 1. The van der Waals surface area contributed by atoms with Crippen molar-refractivity contribution in [2.75, 3.05) is 13.9 Å². The van der Waals surface area contributed by atoms with E-state index in [9.17, 15) is 4.79 Å². The number of amidine groups is 1. The molecule has 1 saturated heterocycles. The smallest absolute Gasteiger partial charge is 0.264 e. The molecular weight excluding hydrogens is 364 g/mol. The standard InChI is InChI=1S/C20H18N2O4S/c1-11-4-5-14(12(2)6-11)21-20-22-19(23)18(27-20)8-13-7-16-17(26-10-25-16)9-15(13)24-3/h4-9H,10H2,1-3H3,(H,21,22,23)/b18-8-. The molecule has 1 amide bonds. The van der Waals surface area contributed by atoms with Crippen LogP contribution in [0.3, 0.4) is 0 Å². The van der Waals surface area contributed by atoms with E-state index in [0.29, 0.717) is 27.3 Å². The van der Waals surface area contributed by atoms with Crippen molar-refractivity contribution < 1.29 is 19.0 Å². The topological polar surface area (TPSA) is 69.2 Å². The van der Waals surface area contributed by atoms with Gasteiger partial charge in [-0.05, 0) is 49.4 Å². The Morgan fingerprint density at radius 2 is 1.96 bits per heavy atom. The number of methoxy groups -OCH3 is 1. The van der Waals surface area contributed by atoms with Crippen LogP contribution in [-0.4, -0.2) is 25.0 Å². The highest BCUT2D eigenvalue weighted by Gasteiger charge is 2.25. The van der Waals surface area contributed by atoms with Crippen LogP contribution in [0.2, 0.25) is 0 Å². The number of thioether (sulfide) groups is 1. The van der Waals surface area contributed by atoms with Gasteiger partial charge in [0.05, 0.1) is 17.7 Å². The molecule has 2 heterocycles. The van der Waals surface area contributed by atoms with E-state index < -0.39 is 0 Å². The molecule has 7 heteroatoms. The van der Waals surface area contributed by atoms with Gasteiger partial charge in [0.15, 0.2) is 16.7 Å². The first kappa shape index (κ1) is 17.5. The average molecular weight is 382 g/mol. The van der Waals surface area contributed by atoms with Crippen LogP contribution >= 0.6 is 11.8 Å². The Morgan fingerprint density at radius 1 is 1.19 bits per heavy atom. The van der Waals surface area contributed by atoms with Crippen molar-refractivity contribution in [2.24, 2.45) is 4.99 Å². The maximum Gasteiger partial charge on any atom is 0.264 e. The molecule has 2 aromatic rings. The Bertz CT molecular complexity index is 998. The quantitative estimate of drug-likeness (QED) is 0.815. The summed E-state index contributed by atoms with van der Waals surface area (Å²) >= 11 is 1.30. The molecule has 0 aliphatic carbocycles. The van der Waals surface area contributed by atoms with E-state index >= 15 is 0 Å². The lowest BCUT2D eigenvalue weighted by atomic mass is 10.1. The molecule has 2 aliphatic heterocycles. The molecule has 6 nitrogen and oxygen atoms in total. The third-order valence-electron chi connectivity index (χ3n) is 4.24. The largest absolute Gasteiger partial charge is 0.496 e. The molecule has 0 saturated carbocycles. The number of hydrogen-bond donors (Lipinski definition) is 1. The summed E-state index contributed by atoms with van der Waals surface area (Å²) < 4.78 is 16.2. The van der Waals surface area contributed by atoms with Crippen LogP contribution < -0.4 is 19.5 Å². The highest BCUT2D eigenvalue weighted by Crippen LogP contribution is 2.40. The van der Waals surface area contributed by atoms with Crippen molar-refractivity contribution in [3.8, 4) is 17.2 Å². The Labute approximate surface area is 161 Å². The molecule has 0 atom stereocenters. The van der Waals surface area contributed by atoms with E-state index in [2.05, 4.69) is 16.4 Å². The molecule has 1 fully saturated rings. The Hall–Kier alpha value is -2.93. The Kier molecular flexibility index (Phi) is 4.53. The van der Waals surface area contributed by atoms with Crippen molar-refractivity contribution in [1.82, 2.24) is 5.32 Å². The lowest BCUT2D eigenvalue weighted by molar-refractivity contribution is -0.115. The minimum atomic E-state index is -0.191. The van der Waals surface area contributed by atoms with Gasteiger partial charge < -0.3 is 19.5 Å². The number of carbonyl (C=O) groups is 1. The number of rotatable bonds is 3. The van der Waals surface area contributed by atoms with Crippen molar-refractivity contribution in [1.29, 1.82) is 0 Å². The van der Waals surface area contributed by atoms with E-state index in [1.54, 1.807) is 25.3 Å². The van der Waals surface area contributed by atoms with Gasteiger partial charge >= 0.3 is 0 Å². The van der Waals surface area contributed by atoms with Crippen LogP contribution in [0.4, 0.5) is 5.69 Å². The zero-order valence-corrected chi connectivity index (χ0v) is 16.0. The molecule has 0 bridgehead atoms. The third-order valence-corrected chi connectivity index (χ3v) is 5.15. The first-order valence-electron chi connectivity index (χ1n) is 8.38. The predicted octanol–water partition coefficient (Wildman–Crippen LogP) is 3.93. The van der Waals surface area contributed by atoms with Crippen LogP contribution in [0, 0.1) is 13.8 Å². The second kappa shape index (κ2) is 7.00. The number of carbonyl (C=O) groups excluding carboxylic acids is 1. The fourth-order valence-corrected chi connectivity index (χ4v) is 3.72. The summed E-state index contributed by atoms with van der Waals surface area (Å²) in [6.07, 6.45) is 1.77. The van der Waals surface area contributed by atoms with E-state index in [-0.39, 0.29) is 12.7 Å². The molecule has 138 valence electrons. The van der Waals surface area contributed by atoms with Gasteiger partial charge in [0, 0.05) is 11.6 Å². The monoisotopic (exact) mass is 382 g/mol. The summed E-state index contributed by atoms with van der Waals surface area (Å²) in [5, 5.41) is 3.37. The van der Waals surface area contributed by atoms with E-state index in [0.717, 1.165) is 16.8 Å². The number of aryl methyl sites for hydroxylation is 2. The number of ether oxygens (including phenoxy) is 3. The normalized spacial score (nSPS) is 18.3. The Morgan fingerprint density at radius 3 is 2.70 bits per heavy atom. The number of benzene rings is 2. The van der Waals surface area contributed by atoms with Gasteiger partial charge in [-0.1, -0.05) is 17.7 Å². The van der Waals surface area contributed by atoms with E-state index in [1.807, 2.05) is 26.0 Å². The van der Waals surface area contributed by atoms with Crippen LogP contribution in [0.15, 0.2) is 40.2 Å². The molecule has 0 aromatic heterocycles. The minimum absolute atomic E-state index is 0.181. The van der Waals surface area contributed by atoms with Crippen molar-refractivity contribution in [3.63, 3.8) is 0 Å². The maximum absolute atomic E-state index is 12.4. The average Bonchev–Trinajstić information content (AvgIpc) is 3.23. The first-order valence-corrected chi connectivity index (χ1v) is 9.19. The fourth-order valence-electron chi connectivity index (χ4n) is 2.89. The van der Waals surface area contributed by atoms with Crippen LogP contribution in [0.1, 0.15) is 16.7 Å². The molecule has 4 rings (SSSR count). The number of nitrogens with zero attached hydrogens (tertiary/aromatic N) is 1. The van der Waals surface area contributed by atoms with Crippen molar-refractivity contribution in [2.45, 2.75) is 13.8 Å². The molecule has 0 unspecified atom stereocenters.